The summed E-state index contributed by atoms with van der Waals surface area (Å²) < 4.78 is 1.97. The van der Waals surface area contributed by atoms with Gasteiger partial charge in [-0.25, -0.2) is 0 Å². The molecule has 0 aliphatic heterocycles. The summed E-state index contributed by atoms with van der Waals surface area (Å²) in [5, 5.41) is 7.94. The summed E-state index contributed by atoms with van der Waals surface area (Å²) in [7, 11) is 0. The van der Waals surface area contributed by atoms with Crippen molar-refractivity contribution < 1.29 is 0 Å². The van der Waals surface area contributed by atoms with Crippen LogP contribution in [0.5, 0.6) is 0 Å². The van der Waals surface area contributed by atoms with Gasteiger partial charge in [-0.05, 0) is 31.5 Å². The molecule has 2 aromatic rings. The van der Waals surface area contributed by atoms with Crippen molar-refractivity contribution in [3.05, 3.63) is 29.7 Å². The molecule has 11 heavy (non-hydrogen) atoms. The number of pyridine rings is 1. The highest BCUT2D eigenvalue weighted by molar-refractivity contribution is 5.40. The van der Waals surface area contributed by atoms with E-state index in [1.165, 1.54) is 5.56 Å². The molecule has 2 aromatic heterocycles. The average molecular weight is 147 g/mol. The van der Waals surface area contributed by atoms with E-state index in [9.17, 15) is 0 Å². The van der Waals surface area contributed by atoms with E-state index in [4.69, 9.17) is 0 Å². The number of fused-ring (bicyclic) bond motifs is 1. The van der Waals surface area contributed by atoms with Crippen LogP contribution in [-0.4, -0.2) is 14.6 Å². The second kappa shape index (κ2) is 2.05. The standard InChI is InChI=1S/C8H9N3/c1-6-3-4-11-7(2)9-10-8(11)5-6/h3-5H,1-2H3. The molecule has 0 bridgehead atoms. The molecular weight excluding hydrogens is 138 g/mol. The number of nitrogens with zero attached hydrogens (tertiary/aromatic N) is 3. The Morgan fingerprint density at radius 1 is 1.27 bits per heavy atom. The van der Waals surface area contributed by atoms with Gasteiger partial charge in [0.1, 0.15) is 5.82 Å². The molecule has 56 valence electrons. The van der Waals surface area contributed by atoms with Gasteiger partial charge < -0.3 is 0 Å². The zero-order valence-corrected chi connectivity index (χ0v) is 6.57. The molecule has 0 atom stereocenters. The lowest BCUT2D eigenvalue weighted by atomic mass is 10.3. The van der Waals surface area contributed by atoms with Gasteiger partial charge in [0.2, 0.25) is 0 Å². The first-order chi connectivity index (χ1) is 5.27. The number of hydrogen-bond donors (Lipinski definition) is 0. The predicted molar refractivity (Wildman–Crippen MR) is 42.5 cm³/mol. The molecule has 0 radical (unpaired) electrons. The fourth-order valence-electron chi connectivity index (χ4n) is 1.11. The van der Waals surface area contributed by atoms with Crippen LogP contribution in [0, 0.1) is 13.8 Å². The summed E-state index contributed by atoms with van der Waals surface area (Å²) in [6.45, 7) is 3.99. The Morgan fingerprint density at radius 3 is 2.91 bits per heavy atom. The summed E-state index contributed by atoms with van der Waals surface area (Å²) in [6.07, 6.45) is 1.99. The maximum absolute atomic E-state index is 3.99. The molecule has 2 heterocycles. The zero-order chi connectivity index (χ0) is 7.84. The Labute approximate surface area is 64.7 Å². The van der Waals surface area contributed by atoms with Crippen LogP contribution in [-0.2, 0) is 0 Å². The van der Waals surface area contributed by atoms with E-state index in [0.717, 1.165) is 11.5 Å². The van der Waals surface area contributed by atoms with E-state index in [2.05, 4.69) is 10.2 Å². The van der Waals surface area contributed by atoms with Crippen LogP contribution in [0.25, 0.3) is 5.65 Å². The molecule has 3 nitrogen and oxygen atoms in total. The fraction of sp³-hybridized carbons (Fsp3) is 0.250. The minimum absolute atomic E-state index is 0.919. The highest BCUT2D eigenvalue weighted by Crippen LogP contribution is 2.04. The van der Waals surface area contributed by atoms with Crippen LogP contribution >= 0.6 is 0 Å². The summed E-state index contributed by atoms with van der Waals surface area (Å²) in [5.41, 5.74) is 2.13. The Hall–Kier alpha value is -1.38. The second-order valence-corrected chi connectivity index (χ2v) is 2.68. The van der Waals surface area contributed by atoms with Gasteiger partial charge in [0.05, 0.1) is 0 Å². The first-order valence-corrected chi connectivity index (χ1v) is 3.55. The lowest BCUT2D eigenvalue weighted by Crippen LogP contribution is -1.86. The molecule has 0 amide bonds. The Balaban J connectivity index is 2.86. The van der Waals surface area contributed by atoms with Crippen LogP contribution in [0.15, 0.2) is 18.3 Å². The van der Waals surface area contributed by atoms with Gasteiger partial charge in [-0.15, -0.1) is 10.2 Å². The van der Waals surface area contributed by atoms with Crippen molar-refractivity contribution >= 4 is 5.65 Å². The summed E-state index contributed by atoms with van der Waals surface area (Å²) in [4.78, 5) is 0. The maximum atomic E-state index is 3.99. The van der Waals surface area contributed by atoms with Gasteiger partial charge in [0.25, 0.3) is 0 Å². The average Bonchev–Trinajstić information content (AvgIpc) is 2.32. The second-order valence-electron chi connectivity index (χ2n) is 2.68. The Kier molecular flexibility index (Phi) is 1.18. The molecular formula is C8H9N3. The highest BCUT2D eigenvalue weighted by atomic mass is 15.2. The number of hydrogen-bond acceptors (Lipinski definition) is 2. The monoisotopic (exact) mass is 147 g/mol. The third-order valence-electron chi connectivity index (χ3n) is 1.74. The van der Waals surface area contributed by atoms with E-state index < -0.39 is 0 Å². The Morgan fingerprint density at radius 2 is 2.09 bits per heavy atom. The smallest absolute Gasteiger partial charge is 0.161 e. The minimum Gasteiger partial charge on any atom is -0.287 e. The van der Waals surface area contributed by atoms with Gasteiger partial charge in [-0.3, -0.25) is 4.40 Å². The van der Waals surface area contributed by atoms with Crippen LogP contribution in [0.4, 0.5) is 0 Å². The molecule has 0 spiro atoms. The summed E-state index contributed by atoms with van der Waals surface area (Å²) in [5.74, 6) is 0.931. The zero-order valence-electron chi connectivity index (χ0n) is 6.57. The van der Waals surface area contributed by atoms with Crippen molar-refractivity contribution in [1.82, 2.24) is 14.6 Å². The van der Waals surface area contributed by atoms with E-state index in [-0.39, 0.29) is 0 Å². The van der Waals surface area contributed by atoms with E-state index in [1.54, 1.807) is 0 Å². The van der Waals surface area contributed by atoms with Crippen LogP contribution in [0.2, 0.25) is 0 Å². The third-order valence-corrected chi connectivity index (χ3v) is 1.74. The molecule has 3 heteroatoms. The van der Waals surface area contributed by atoms with Crippen molar-refractivity contribution in [3.63, 3.8) is 0 Å². The van der Waals surface area contributed by atoms with Crippen LogP contribution in [0.3, 0.4) is 0 Å². The Bertz CT molecular complexity index is 389. The summed E-state index contributed by atoms with van der Waals surface area (Å²) >= 11 is 0. The highest BCUT2D eigenvalue weighted by Gasteiger charge is 1.97. The predicted octanol–water partition coefficient (Wildman–Crippen LogP) is 1.35. The summed E-state index contributed by atoms with van der Waals surface area (Å²) in [6, 6.07) is 4.06. The number of aromatic nitrogens is 3. The molecule has 0 fully saturated rings. The van der Waals surface area contributed by atoms with Gasteiger partial charge in [-0.2, -0.15) is 0 Å². The van der Waals surface area contributed by atoms with Crippen molar-refractivity contribution in [2.45, 2.75) is 13.8 Å². The topological polar surface area (TPSA) is 30.2 Å². The van der Waals surface area contributed by atoms with E-state index in [1.807, 2.05) is 36.6 Å². The molecule has 0 N–H and O–H groups in total. The van der Waals surface area contributed by atoms with Crippen LogP contribution < -0.4 is 0 Å². The van der Waals surface area contributed by atoms with Gasteiger partial charge in [-0.1, -0.05) is 0 Å². The number of aryl methyl sites for hydroxylation is 2. The van der Waals surface area contributed by atoms with Crippen molar-refractivity contribution in [1.29, 1.82) is 0 Å². The largest absolute Gasteiger partial charge is 0.287 e. The fourth-order valence-corrected chi connectivity index (χ4v) is 1.11. The van der Waals surface area contributed by atoms with Crippen molar-refractivity contribution in [2.24, 2.45) is 0 Å². The quantitative estimate of drug-likeness (QED) is 0.563. The van der Waals surface area contributed by atoms with E-state index in [0.29, 0.717) is 0 Å². The first-order valence-electron chi connectivity index (χ1n) is 3.55. The van der Waals surface area contributed by atoms with Crippen molar-refractivity contribution in [3.8, 4) is 0 Å². The van der Waals surface area contributed by atoms with Gasteiger partial charge >= 0.3 is 0 Å². The molecule has 0 aromatic carbocycles. The number of rotatable bonds is 0. The molecule has 2 rings (SSSR count). The molecule has 0 aliphatic carbocycles. The van der Waals surface area contributed by atoms with Gasteiger partial charge in [0.15, 0.2) is 5.65 Å². The molecule has 0 saturated heterocycles. The molecule has 0 aliphatic rings. The van der Waals surface area contributed by atoms with Crippen LogP contribution in [0.1, 0.15) is 11.4 Å². The van der Waals surface area contributed by atoms with Gasteiger partial charge in [0, 0.05) is 6.20 Å². The van der Waals surface area contributed by atoms with Crippen molar-refractivity contribution in [2.75, 3.05) is 0 Å². The first kappa shape index (κ1) is 6.34. The third kappa shape index (κ3) is 0.888. The minimum atomic E-state index is 0.919. The maximum Gasteiger partial charge on any atom is 0.161 e. The van der Waals surface area contributed by atoms with E-state index >= 15 is 0 Å². The molecule has 0 saturated carbocycles. The lowest BCUT2D eigenvalue weighted by molar-refractivity contribution is 1.01. The normalized spacial score (nSPS) is 10.7. The molecule has 0 unspecified atom stereocenters. The lowest BCUT2D eigenvalue weighted by Gasteiger charge is -1.93. The SMILES string of the molecule is Cc1ccn2c(C)nnc2c1.